The van der Waals surface area contributed by atoms with Gasteiger partial charge in [-0.05, 0) is 44.4 Å². The molecular weight excluding hydrogens is 392 g/mol. The number of nitro benzene ring substituents is 1. The predicted molar refractivity (Wildman–Crippen MR) is 112 cm³/mol. The third kappa shape index (κ3) is 4.92. The molecule has 29 heavy (non-hydrogen) atoms. The average molecular weight is 417 g/mol. The maximum absolute atomic E-state index is 12.7. The number of amides is 2. The molecule has 1 aromatic heterocycles. The fourth-order valence-corrected chi connectivity index (χ4v) is 3.94. The fourth-order valence-electron chi connectivity index (χ4n) is 2.88. The second-order valence-corrected chi connectivity index (χ2v) is 7.78. The van der Waals surface area contributed by atoms with E-state index in [0.717, 1.165) is 28.6 Å². The summed E-state index contributed by atoms with van der Waals surface area (Å²) in [6, 6.07) is 5.85. The van der Waals surface area contributed by atoms with Crippen LogP contribution in [0.1, 0.15) is 45.7 Å². The number of hydrogen-bond acceptors (Lipinski definition) is 6. The first kappa shape index (κ1) is 22.4. The largest absolute Gasteiger partial charge is 0.366 e. The second kappa shape index (κ2) is 9.04. The Bertz CT molecular complexity index is 977. The van der Waals surface area contributed by atoms with Crippen molar-refractivity contribution in [3.63, 3.8) is 0 Å². The van der Waals surface area contributed by atoms with Crippen molar-refractivity contribution in [1.29, 1.82) is 0 Å². The van der Waals surface area contributed by atoms with E-state index in [9.17, 15) is 19.7 Å². The maximum Gasteiger partial charge on any atom is 0.269 e. The molecule has 0 spiro atoms. The van der Waals surface area contributed by atoms with Gasteiger partial charge in [-0.1, -0.05) is 23.9 Å². The first-order valence-corrected chi connectivity index (χ1v) is 9.93. The molecule has 1 aromatic carbocycles. The molecule has 2 aromatic rings. The Morgan fingerprint density at radius 1 is 1.28 bits per heavy atom. The molecule has 9 heteroatoms. The van der Waals surface area contributed by atoms with Gasteiger partial charge >= 0.3 is 0 Å². The van der Waals surface area contributed by atoms with Crippen molar-refractivity contribution in [3.05, 3.63) is 62.3 Å². The highest BCUT2D eigenvalue weighted by atomic mass is 32.2. The molecule has 1 atom stereocenters. The Balaban J connectivity index is 2.18. The highest BCUT2D eigenvalue weighted by molar-refractivity contribution is 8.00. The van der Waals surface area contributed by atoms with Gasteiger partial charge < -0.3 is 10.6 Å². The van der Waals surface area contributed by atoms with Crippen LogP contribution in [0.4, 0.5) is 5.69 Å². The van der Waals surface area contributed by atoms with E-state index in [0.29, 0.717) is 16.2 Å². The van der Waals surface area contributed by atoms with Gasteiger partial charge in [0.1, 0.15) is 5.03 Å². The topological polar surface area (TPSA) is 119 Å². The van der Waals surface area contributed by atoms with Crippen molar-refractivity contribution in [2.75, 3.05) is 12.8 Å². The molecule has 1 heterocycles. The summed E-state index contributed by atoms with van der Waals surface area (Å²) in [5.41, 5.74) is 8.93. The summed E-state index contributed by atoms with van der Waals surface area (Å²) in [5.74, 6) is -0.709. The van der Waals surface area contributed by atoms with Gasteiger partial charge in [-0.15, -0.1) is 0 Å². The number of aryl methyl sites for hydroxylation is 1. The van der Waals surface area contributed by atoms with Gasteiger partial charge in [0.05, 0.1) is 22.3 Å². The Hall–Kier alpha value is -2.94. The normalized spacial score (nSPS) is 11.8. The molecule has 0 aliphatic carbocycles. The smallest absolute Gasteiger partial charge is 0.269 e. The molecule has 0 aliphatic heterocycles. The number of non-ortho nitro benzene ring substituents is 1. The van der Waals surface area contributed by atoms with Crippen LogP contribution in [0, 0.1) is 30.9 Å². The van der Waals surface area contributed by atoms with Crippen molar-refractivity contribution in [2.45, 2.75) is 38.8 Å². The maximum atomic E-state index is 12.7. The Kier molecular flexibility index (Phi) is 6.97. The molecule has 1 unspecified atom stereocenters. The minimum absolute atomic E-state index is 0.0227. The molecule has 0 fully saturated rings. The SMILES string of the molecule is Cc1nc(SCC(=O)N(C)C(C)c2cccc([N+](=O)[O-])c2)c(C(N)=O)c(C)c1C. The second-order valence-electron chi connectivity index (χ2n) is 6.81. The lowest BCUT2D eigenvalue weighted by Crippen LogP contribution is -2.31. The average Bonchev–Trinajstić information content (AvgIpc) is 2.68. The molecule has 154 valence electrons. The Morgan fingerprint density at radius 2 is 1.93 bits per heavy atom. The van der Waals surface area contributed by atoms with Crippen LogP contribution in [0.5, 0.6) is 0 Å². The number of primary amides is 1. The van der Waals surface area contributed by atoms with Gasteiger partial charge in [-0.3, -0.25) is 19.7 Å². The van der Waals surface area contributed by atoms with Crippen molar-refractivity contribution in [2.24, 2.45) is 5.73 Å². The molecule has 0 saturated carbocycles. The standard InChI is InChI=1S/C20H24N4O4S/c1-11-12(2)18(19(21)26)20(22-13(11)3)29-10-17(25)23(5)14(4)15-7-6-8-16(9-15)24(27)28/h6-9,14H,10H2,1-5H3,(H2,21,26). The lowest BCUT2D eigenvalue weighted by molar-refractivity contribution is -0.384. The van der Waals surface area contributed by atoms with Crippen LogP contribution in [0.25, 0.3) is 0 Å². The van der Waals surface area contributed by atoms with Crippen molar-refractivity contribution in [1.82, 2.24) is 9.88 Å². The zero-order valence-electron chi connectivity index (χ0n) is 17.1. The monoisotopic (exact) mass is 416 g/mol. The van der Waals surface area contributed by atoms with Crippen LogP contribution in [-0.4, -0.2) is 39.4 Å². The number of nitro groups is 1. The van der Waals surface area contributed by atoms with E-state index >= 15 is 0 Å². The number of hydrogen-bond donors (Lipinski definition) is 1. The molecule has 2 amide bonds. The van der Waals surface area contributed by atoms with Crippen LogP contribution >= 0.6 is 11.8 Å². The molecule has 2 rings (SSSR count). The highest BCUT2D eigenvalue weighted by Gasteiger charge is 2.22. The minimum atomic E-state index is -0.577. The van der Waals surface area contributed by atoms with E-state index < -0.39 is 10.8 Å². The molecule has 0 saturated heterocycles. The molecule has 0 aliphatic rings. The predicted octanol–water partition coefficient (Wildman–Crippen LogP) is 3.33. The summed E-state index contributed by atoms with van der Waals surface area (Å²) in [5, 5.41) is 11.4. The third-order valence-corrected chi connectivity index (χ3v) is 6.04. The first-order valence-electron chi connectivity index (χ1n) is 8.95. The van der Waals surface area contributed by atoms with E-state index in [-0.39, 0.29) is 23.4 Å². The van der Waals surface area contributed by atoms with Crippen LogP contribution in [-0.2, 0) is 4.79 Å². The summed E-state index contributed by atoms with van der Waals surface area (Å²) in [6.07, 6.45) is 0. The number of benzene rings is 1. The number of carbonyl (C=O) groups excluding carboxylic acids is 2. The minimum Gasteiger partial charge on any atom is -0.366 e. The van der Waals surface area contributed by atoms with Gasteiger partial charge in [0, 0.05) is 24.9 Å². The summed E-state index contributed by atoms with van der Waals surface area (Å²) < 4.78 is 0. The van der Waals surface area contributed by atoms with Crippen molar-refractivity contribution < 1.29 is 14.5 Å². The number of rotatable bonds is 7. The zero-order valence-corrected chi connectivity index (χ0v) is 17.9. The number of aromatic nitrogens is 1. The lowest BCUT2D eigenvalue weighted by Gasteiger charge is -2.25. The van der Waals surface area contributed by atoms with Crippen LogP contribution in [0.15, 0.2) is 29.3 Å². The molecule has 0 bridgehead atoms. The summed E-state index contributed by atoms with van der Waals surface area (Å²) >= 11 is 1.16. The summed E-state index contributed by atoms with van der Waals surface area (Å²) in [7, 11) is 1.64. The van der Waals surface area contributed by atoms with Gasteiger partial charge in [0.2, 0.25) is 5.91 Å². The third-order valence-electron chi connectivity index (χ3n) is 5.08. The van der Waals surface area contributed by atoms with Crippen LogP contribution in [0.2, 0.25) is 0 Å². The molecule has 8 nitrogen and oxygen atoms in total. The highest BCUT2D eigenvalue weighted by Crippen LogP contribution is 2.28. The van der Waals surface area contributed by atoms with Crippen LogP contribution < -0.4 is 5.73 Å². The molecule has 2 N–H and O–H groups in total. The summed E-state index contributed by atoms with van der Waals surface area (Å²) in [4.78, 5) is 41.0. The summed E-state index contributed by atoms with van der Waals surface area (Å²) in [6.45, 7) is 7.33. The number of carbonyl (C=O) groups is 2. The Labute approximate surface area is 173 Å². The van der Waals surface area contributed by atoms with Gasteiger partial charge in [0.25, 0.3) is 11.6 Å². The van der Waals surface area contributed by atoms with E-state index in [1.807, 2.05) is 20.8 Å². The van der Waals surface area contributed by atoms with Gasteiger partial charge in [0.15, 0.2) is 0 Å². The number of nitrogens with two attached hydrogens (primary N) is 1. The Morgan fingerprint density at radius 3 is 2.52 bits per heavy atom. The lowest BCUT2D eigenvalue weighted by atomic mass is 10.0. The van der Waals surface area contributed by atoms with E-state index in [1.165, 1.54) is 17.0 Å². The molecular formula is C20H24N4O4S. The number of pyridine rings is 1. The van der Waals surface area contributed by atoms with E-state index in [2.05, 4.69) is 4.98 Å². The van der Waals surface area contributed by atoms with Gasteiger partial charge in [-0.2, -0.15) is 0 Å². The van der Waals surface area contributed by atoms with Crippen molar-refractivity contribution >= 4 is 29.3 Å². The number of thioether (sulfide) groups is 1. The molecule has 0 radical (unpaired) electrons. The fraction of sp³-hybridized carbons (Fsp3) is 0.350. The quantitative estimate of drug-likeness (QED) is 0.420. The van der Waals surface area contributed by atoms with Gasteiger partial charge in [-0.25, -0.2) is 4.98 Å². The van der Waals surface area contributed by atoms with E-state index in [1.54, 1.807) is 26.1 Å². The first-order chi connectivity index (χ1) is 13.5. The number of nitrogens with zero attached hydrogens (tertiary/aromatic N) is 3. The van der Waals surface area contributed by atoms with Crippen LogP contribution in [0.3, 0.4) is 0 Å². The van der Waals surface area contributed by atoms with Crippen molar-refractivity contribution in [3.8, 4) is 0 Å². The zero-order chi connectivity index (χ0) is 21.9. The van der Waals surface area contributed by atoms with E-state index in [4.69, 9.17) is 5.73 Å².